The van der Waals surface area contributed by atoms with Crippen LogP contribution in [0.2, 0.25) is 0 Å². The zero-order valence-electron chi connectivity index (χ0n) is 15.2. The van der Waals surface area contributed by atoms with Gasteiger partial charge in [0.25, 0.3) is 0 Å². The van der Waals surface area contributed by atoms with Gasteiger partial charge in [0, 0.05) is 20.1 Å². The molecule has 0 fully saturated rings. The minimum Gasteiger partial charge on any atom is -0.395 e. The van der Waals surface area contributed by atoms with E-state index in [1.54, 1.807) is 0 Å². The van der Waals surface area contributed by atoms with E-state index in [1.807, 2.05) is 18.2 Å². The van der Waals surface area contributed by atoms with Crippen LogP contribution in [-0.2, 0) is 4.79 Å². The molecule has 1 aromatic carbocycles. The molecule has 0 aliphatic rings. The van der Waals surface area contributed by atoms with Crippen LogP contribution in [0.3, 0.4) is 0 Å². The quantitative estimate of drug-likeness (QED) is 0.709. The summed E-state index contributed by atoms with van der Waals surface area (Å²) in [6, 6.07) is 9.95. The van der Waals surface area contributed by atoms with Crippen LogP contribution in [-0.4, -0.2) is 55.2 Å². The van der Waals surface area contributed by atoms with Crippen molar-refractivity contribution in [2.45, 2.75) is 27.2 Å². The predicted octanol–water partition coefficient (Wildman–Crippen LogP) is 1.78. The van der Waals surface area contributed by atoms with Gasteiger partial charge in [0.1, 0.15) is 0 Å². The van der Waals surface area contributed by atoms with Crippen molar-refractivity contribution in [2.24, 2.45) is 5.92 Å². The Morgan fingerprint density at radius 1 is 1.17 bits per heavy atom. The topological polar surface area (TPSA) is 81.7 Å². The van der Waals surface area contributed by atoms with E-state index in [-0.39, 0.29) is 31.6 Å². The molecule has 24 heavy (non-hydrogen) atoms. The van der Waals surface area contributed by atoms with Crippen molar-refractivity contribution in [2.75, 3.05) is 33.3 Å². The average Bonchev–Trinajstić information content (AvgIpc) is 2.57. The van der Waals surface area contributed by atoms with Gasteiger partial charge in [-0.3, -0.25) is 4.79 Å². The number of aryl methyl sites for hydroxylation is 1. The van der Waals surface area contributed by atoms with Gasteiger partial charge in [0.05, 0.1) is 13.2 Å². The lowest BCUT2D eigenvalue weighted by atomic mass is 10.1. The summed E-state index contributed by atoms with van der Waals surface area (Å²) in [6.07, 6.45) is 0.868. The van der Waals surface area contributed by atoms with E-state index in [2.05, 4.69) is 43.5 Å². The van der Waals surface area contributed by atoms with Crippen molar-refractivity contribution in [3.63, 3.8) is 0 Å². The van der Waals surface area contributed by atoms with Gasteiger partial charge in [0.15, 0.2) is 0 Å². The second-order valence-electron chi connectivity index (χ2n) is 5.88. The minimum atomic E-state index is -0.316. The molecule has 0 heterocycles. The number of carbonyl (C=O) groups is 2. The highest BCUT2D eigenvalue weighted by Crippen LogP contribution is 2.02. The minimum absolute atomic E-state index is 0.0427. The Morgan fingerprint density at radius 2 is 1.79 bits per heavy atom. The summed E-state index contributed by atoms with van der Waals surface area (Å²) in [5.41, 5.74) is 1.32. The van der Waals surface area contributed by atoms with Crippen LogP contribution < -0.4 is 10.6 Å². The maximum atomic E-state index is 11.7. The lowest BCUT2D eigenvalue weighted by Crippen LogP contribution is -2.45. The number of aliphatic hydroxyl groups excluding tert-OH is 1. The van der Waals surface area contributed by atoms with Gasteiger partial charge in [-0.25, -0.2) is 4.79 Å². The van der Waals surface area contributed by atoms with E-state index < -0.39 is 0 Å². The number of amides is 3. The van der Waals surface area contributed by atoms with E-state index in [0.717, 1.165) is 6.42 Å². The molecule has 0 unspecified atom stereocenters. The first-order chi connectivity index (χ1) is 11.4. The summed E-state index contributed by atoms with van der Waals surface area (Å²) in [5, 5.41) is 13.8. The fourth-order valence-corrected chi connectivity index (χ4v) is 1.74. The van der Waals surface area contributed by atoms with Gasteiger partial charge < -0.3 is 20.6 Å². The summed E-state index contributed by atoms with van der Waals surface area (Å²) in [7, 11) is 1.51. The summed E-state index contributed by atoms with van der Waals surface area (Å²) >= 11 is 0. The van der Waals surface area contributed by atoms with E-state index in [9.17, 15) is 9.59 Å². The van der Waals surface area contributed by atoms with Crippen LogP contribution >= 0.6 is 0 Å². The molecule has 0 aliphatic carbocycles. The van der Waals surface area contributed by atoms with E-state index >= 15 is 0 Å². The molecule has 1 rings (SSSR count). The number of rotatable bonds is 7. The van der Waals surface area contributed by atoms with Crippen molar-refractivity contribution in [3.8, 4) is 0 Å². The molecule has 3 N–H and O–H groups in total. The number of nitrogens with one attached hydrogen (secondary N) is 2. The number of likely N-dealkylation sites (N-methyl/N-ethyl adjacent to an activating group) is 1. The number of nitrogens with zero attached hydrogens (tertiary/aromatic N) is 1. The number of carbonyl (C=O) groups excluding carboxylic acids is 2. The second kappa shape index (κ2) is 13.4. The summed E-state index contributed by atoms with van der Waals surface area (Å²) in [5.74, 6) is 0.245. The van der Waals surface area contributed by atoms with Crippen LogP contribution in [0.15, 0.2) is 30.3 Å². The Hall–Kier alpha value is -2.08. The number of aliphatic hydroxyl groups is 1. The number of hydrogen-bond acceptors (Lipinski definition) is 3. The van der Waals surface area contributed by atoms with Gasteiger partial charge >= 0.3 is 6.03 Å². The van der Waals surface area contributed by atoms with Gasteiger partial charge in [-0.15, -0.1) is 0 Å². The molecule has 0 atom stereocenters. The molecular weight excluding hydrogens is 306 g/mol. The lowest BCUT2D eigenvalue weighted by Gasteiger charge is -2.22. The Bertz CT molecular complexity index is 464. The highest BCUT2D eigenvalue weighted by molar-refractivity contribution is 5.83. The zero-order valence-corrected chi connectivity index (χ0v) is 15.2. The normalized spacial score (nSPS) is 9.75. The highest BCUT2D eigenvalue weighted by Gasteiger charge is 2.13. The Labute approximate surface area is 145 Å². The van der Waals surface area contributed by atoms with E-state index in [4.69, 9.17) is 5.11 Å². The van der Waals surface area contributed by atoms with Crippen LogP contribution in [0.4, 0.5) is 4.79 Å². The molecule has 0 saturated heterocycles. The molecule has 6 nitrogen and oxygen atoms in total. The van der Waals surface area contributed by atoms with Crippen molar-refractivity contribution < 1.29 is 14.7 Å². The molecule has 0 radical (unpaired) electrons. The molecule has 6 heteroatoms. The maximum absolute atomic E-state index is 11.7. The van der Waals surface area contributed by atoms with Crippen molar-refractivity contribution >= 4 is 11.9 Å². The molecule has 0 aliphatic heterocycles. The lowest BCUT2D eigenvalue weighted by molar-refractivity contribution is -0.119. The second-order valence-corrected chi connectivity index (χ2v) is 5.88. The van der Waals surface area contributed by atoms with Gasteiger partial charge in [-0.1, -0.05) is 49.7 Å². The number of benzene rings is 1. The molecular formula is C18H31N3O3. The van der Waals surface area contributed by atoms with Crippen LogP contribution in [0.1, 0.15) is 25.8 Å². The van der Waals surface area contributed by atoms with E-state index in [0.29, 0.717) is 12.5 Å². The average molecular weight is 337 g/mol. The Morgan fingerprint density at radius 3 is 2.21 bits per heavy atom. The standard InChI is InChI=1S/C11H23N3O3.C7H8/c1-9(2)4-5-14(6-7-15)11(17)13-8-10(16)12-3;1-7-5-3-2-4-6-7/h9,15H,4-8H2,1-3H3,(H,12,16)(H,13,17);2-6H,1H3. The van der Waals surface area contributed by atoms with Crippen molar-refractivity contribution in [3.05, 3.63) is 35.9 Å². The monoisotopic (exact) mass is 337 g/mol. The first kappa shape index (κ1) is 21.9. The first-order valence-corrected chi connectivity index (χ1v) is 8.26. The molecule has 136 valence electrons. The first-order valence-electron chi connectivity index (χ1n) is 8.26. The molecule has 1 aromatic rings. The zero-order chi connectivity index (χ0) is 18.4. The SMILES string of the molecule is CNC(=O)CNC(=O)N(CCO)CCC(C)C.Cc1ccccc1. The van der Waals surface area contributed by atoms with Gasteiger partial charge in [0.2, 0.25) is 5.91 Å². The maximum Gasteiger partial charge on any atom is 0.317 e. The molecule has 3 amide bonds. The van der Waals surface area contributed by atoms with Crippen molar-refractivity contribution in [1.29, 1.82) is 0 Å². The molecule has 0 saturated carbocycles. The van der Waals surface area contributed by atoms with E-state index in [1.165, 1.54) is 17.5 Å². The molecule has 0 bridgehead atoms. The summed E-state index contributed by atoms with van der Waals surface area (Å²) in [4.78, 5) is 24.2. The Balaban J connectivity index is 0.000000620. The summed E-state index contributed by atoms with van der Waals surface area (Å²) < 4.78 is 0. The smallest absolute Gasteiger partial charge is 0.317 e. The van der Waals surface area contributed by atoms with Crippen LogP contribution in [0, 0.1) is 12.8 Å². The van der Waals surface area contributed by atoms with Crippen molar-refractivity contribution in [1.82, 2.24) is 15.5 Å². The largest absolute Gasteiger partial charge is 0.395 e. The number of hydrogen-bond donors (Lipinski definition) is 3. The summed E-state index contributed by atoms with van der Waals surface area (Å²) in [6.45, 7) is 6.97. The van der Waals surface area contributed by atoms with Gasteiger partial charge in [-0.05, 0) is 19.3 Å². The third-order valence-corrected chi connectivity index (χ3v) is 3.25. The fourth-order valence-electron chi connectivity index (χ4n) is 1.74. The fraction of sp³-hybridized carbons (Fsp3) is 0.556. The van der Waals surface area contributed by atoms with Gasteiger partial charge in [-0.2, -0.15) is 0 Å². The third kappa shape index (κ3) is 11.5. The highest BCUT2D eigenvalue weighted by atomic mass is 16.3. The molecule has 0 spiro atoms. The van der Waals surface area contributed by atoms with Crippen LogP contribution in [0.5, 0.6) is 0 Å². The Kier molecular flexibility index (Phi) is 12.2. The number of urea groups is 1. The molecule has 0 aromatic heterocycles. The van der Waals surface area contributed by atoms with Crippen LogP contribution in [0.25, 0.3) is 0 Å². The third-order valence-electron chi connectivity index (χ3n) is 3.25. The predicted molar refractivity (Wildman–Crippen MR) is 96.8 cm³/mol.